The van der Waals surface area contributed by atoms with E-state index in [0.29, 0.717) is 13.1 Å². The van der Waals surface area contributed by atoms with Crippen LogP contribution in [0, 0.1) is 0 Å². The van der Waals surface area contributed by atoms with Gasteiger partial charge in [-0.3, -0.25) is 4.79 Å². The van der Waals surface area contributed by atoms with Gasteiger partial charge in [-0.15, -0.1) is 0 Å². The monoisotopic (exact) mass is 195 g/mol. The highest BCUT2D eigenvalue weighted by Crippen LogP contribution is 1.99. The Morgan fingerprint density at radius 1 is 1.33 bits per heavy atom. The quantitative estimate of drug-likeness (QED) is 0.656. The van der Waals surface area contributed by atoms with Gasteiger partial charge in [0, 0.05) is 13.1 Å². The number of rotatable bonds is 5. The fraction of sp³-hybridized carbons (Fsp3) is 0.833. The summed E-state index contributed by atoms with van der Waals surface area (Å²) < 4.78 is 23.4. The smallest absolute Gasteiger partial charge is 0.320 e. The second-order valence-electron chi connectivity index (χ2n) is 2.23. The van der Waals surface area contributed by atoms with Crippen molar-refractivity contribution in [3.8, 4) is 0 Å². The fourth-order valence-corrected chi connectivity index (χ4v) is 2.15. The Labute approximate surface area is 72.0 Å². The van der Waals surface area contributed by atoms with Crippen molar-refractivity contribution in [2.24, 2.45) is 0 Å². The van der Waals surface area contributed by atoms with Gasteiger partial charge in [-0.2, -0.15) is 0 Å². The zero-order valence-electron chi connectivity index (χ0n) is 7.15. The van der Waals surface area contributed by atoms with Crippen LogP contribution in [0.3, 0.4) is 0 Å². The molecule has 0 saturated heterocycles. The lowest BCUT2D eigenvalue weighted by atomic mass is 10.7. The molecule has 5 nitrogen and oxygen atoms in total. The first kappa shape index (κ1) is 11.4. The van der Waals surface area contributed by atoms with Crippen molar-refractivity contribution >= 4 is 16.0 Å². The first-order chi connectivity index (χ1) is 5.44. The molecule has 0 amide bonds. The van der Waals surface area contributed by atoms with Gasteiger partial charge in [-0.25, -0.2) is 12.7 Å². The molecule has 0 aliphatic carbocycles. The van der Waals surface area contributed by atoms with Crippen LogP contribution in [0.2, 0.25) is 0 Å². The first-order valence-corrected chi connectivity index (χ1v) is 5.24. The standard InChI is InChI=1S/C6H13NO4S/c1-3-7(4-2)12(10,11)5-6(8)9/h3-5H2,1-2H3,(H,8,9). The van der Waals surface area contributed by atoms with Crippen molar-refractivity contribution in [3.63, 3.8) is 0 Å². The number of carboxylic acid groups (broad SMARTS) is 1. The molecule has 0 aromatic rings. The summed E-state index contributed by atoms with van der Waals surface area (Å²) in [6, 6.07) is 0. The Kier molecular flexibility index (Phi) is 4.19. The number of hydrogen-bond donors (Lipinski definition) is 1. The fourth-order valence-electron chi connectivity index (χ4n) is 0.864. The summed E-state index contributed by atoms with van der Waals surface area (Å²) in [4.78, 5) is 10.1. The lowest BCUT2D eigenvalue weighted by Crippen LogP contribution is -2.35. The molecule has 0 aromatic heterocycles. The van der Waals surface area contributed by atoms with Crippen molar-refractivity contribution in [2.75, 3.05) is 18.8 Å². The highest BCUT2D eigenvalue weighted by molar-refractivity contribution is 7.89. The Balaban J connectivity index is 4.48. The molecule has 0 saturated carbocycles. The number of aliphatic carboxylic acids is 1. The molecule has 0 rings (SSSR count). The van der Waals surface area contributed by atoms with Crippen LogP contribution in [-0.4, -0.2) is 42.6 Å². The molecule has 72 valence electrons. The van der Waals surface area contributed by atoms with E-state index in [4.69, 9.17) is 5.11 Å². The summed E-state index contributed by atoms with van der Waals surface area (Å²) in [5.41, 5.74) is 0. The Hall–Kier alpha value is -0.620. The Bertz CT molecular complexity index is 242. The molecule has 0 bridgehead atoms. The van der Waals surface area contributed by atoms with Gasteiger partial charge in [0.15, 0.2) is 5.75 Å². The molecular weight excluding hydrogens is 182 g/mol. The normalized spacial score (nSPS) is 11.9. The van der Waals surface area contributed by atoms with Crippen LogP contribution in [0.25, 0.3) is 0 Å². The second-order valence-corrected chi connectivity index (χ2v) is 4.20. The average molecular weight is 195 g/mol. The minimum Gasteiger partial charge on any atom is -0.480 e. The van der Waals surface area contributed by atoms with Gasteiger partial charge in [-0.1, -0.05) is 13.8 Å². The molecule has 0 atom stereocenters. The van der Waals surface area contributed by atoms with E-state index in [2.05, 4.69) is 0 Å². The molecule has 0 unspecified atom stereocenters. The van der Waals surface area contributed by atoms with Crippen molar-refractivity contribution in [3.05, 3.63) is 0 Å². The van der Waals surface area contributed by atoms with Crippen molar-refractivity contribution < 1.29 is 18.3 Å². The van der Waals surface area contributed by atoms with Crippen LogP contribution in [0.15, 0.2) is 0 Å². The minimum atomic E-state index is -3.59. The first-order valence-electron chi connectivity index (χ1n) is 3.63. The zero-order valence-corrected chi connectivity index (χ0v) is 7.97. The number of nitrogens with zero attached hydrogens (tertiary/aromatic N) is 1. The molecule has 0 aliphatic rings. The van der Waals surface area contributed by atoms with E-state index in [1.165, 1.54) is 0 Å². The summed E-state index contributed by atoms with van der Waals surface area (Å²) in [7, 11) is -3.59. The summed E-state index contributed by atoms with van der Waals surface area (Å²) in [6.45, 7) is 3.96. The average Bonchev–Trinajstić information content (AvgIpc) is 1.85. The maximum Gasteiger partial charge on any atom is 0.320 e. The summed E-state index contributed by atoms with van der Waals surface area (Å²) >= 11 is 0. The topological polar surface area (TPSA) is 74.7 Å². The van der Waals surface area contributed by atoms with Crippen molar-refractivity contribution in [1.82, 2.24) is 4.31 Å². The van der Waals surface area contributed by atoms with E-state index in [1.54, 1.807) is 13.8 Å². The van der Waals surface area contributed by atoms with E-state index in [9.17, 15) is 13.2 Å². The highest BCUT2D eigenvalue weighted by atomic mass is 32.2. The maximum absolute atomic E-state index is 11.1. The zero-order chi connectivity index (χ0) is 9.78. The third kappa shape index (κ3) is 3.19. The van der Waals surface area contributed by atoms with Gasteiger partial charge in [0.25, 0.3) is 0 Å². The van der Waals surface area contributed by atoms with E-state index in [0.717, 1.165) is 4.31 Å². The van der Waals surface area contributed by atoms with Crippen LogP contribution >= 0.6 is 0 Å². The van der Waals surface area contributed by atoms with Gasteiger partial charge in [0.2, 0.25) is 10.0 Å². The predicted octanol–water partition coefficient (Wildman–Crippen LogP) is -0.257. The largest absolute Gasteiger partial charge is 0.480 e. The predicted molar refractivity (Wildman–Crippen MR) is 44.3 cm³/mol. The maximum atomic E-state index is 11.1. The molecule has 0 fully saturated rings. The SMILES string of the molecule is CCN(CC)S(=O)(=O)CC(=O)O. The van der Waals surface area contributed by atoms with Crippen molar-refractivity contribution in [1.29, 1.82) is 0 Å². The van der Waals surface area contributed by atoms with Crippen LogP contribution < -0.4 is 0 Å². The third-order valence-corrected chi connectivity index (χ3v) is 3.32. The number of carboxylic acids is 1. The minimum absolute atomic E-state index is 0.312. The van der Waals surface area contributed by atoms with E-state index in [-0.39, 0.29) is 0 Å². The number of sulfonamides is 1. The van der Waals surface area contributed by atoms with Gasteiger partial charge in [0.05, 0.1) is 0 Å². The lowest BCUT2D eigenvalue weighted by molar-refractivity contribution is -0.134. The van der Waals surface area contributed by atoms with Crippen molar-refractivity contribution in [2.45, 2.75) is 13.8 Å². The number of carbonyl (C=O) groups is 1. The molecule has 12 heavy (non-hydrogen) atoms. The molecule has 1 N–H and O–H groups in total. The van der Waals surface area contributed by atoms with Crippen LogP contribution in [0.5, 0.6) is 0 Å². The Morgan fingerprint density at radius 3 is 2.00 bits per heavy atom. The molecular formula is C6H13NO4S. The van der Waals surface area contributed by atoms with Gasteiger partial charge < -0.3 is 5.11 Å². The summed E-state index contributed by atoms with van der Waals surface area (Å²) in [5.74, 6) is -2.14. The molecule has 0 aromatic carbocycles. The van der Waals surface area contributed by atoms with Crippen LogP contribution in [-0.2, 0) is 14.8 Å². The summed E-state index contributed by atoms with van der Waals surface area (Å²) in [5, 5.41) is 8.28. The van der Waals surface area contributed by atoms with E-state index >= 15 is 0 Å². The summed E-state index contributed by atoms with van der Waals surface area (Å²) in [6.07, 6.45) is 0. The van der Waals surface area contributed by atoms with Crippen LogP contribution in [0.1, 0.15) is 13.8 Å². The lowest BCUT2D eigenvalue weighted by Gasteiger charge is -2.16. The van der Waals surface area contributed by atoms with E-state index in [1.807, 2.05) is 0 Å². The number of hydrogen-bond acceptors (Lipinski definition) is 3. The van der Waals surface area contributed by atoms with Gasteiger partial charge in [-0.05, 0) is 0 Å². The molecule has 0 heterocycles. The molecule has 0 radical (unpaired) electrons. The van der Waals surface area contributed by atoms with Crippen LogP contribution in [0.4, 0.5) is 0 Å². The van der Waals surface area contributed by atoms with Gasteiger partial charge in [0.1, 0.15) is 0 Å². The molecule has 0 spiro atoms. The molecule has 6 heteroatoms. The van der Waals surface area contributed by atoms with E-state index < -0.39 is 21.7 Å². The second kappa shape index (κ2) is 4.42. The third-order valence-electron chi connectivity index (χ3n) is 1.40. The Morgan fingerprint density at radius 2 is 1.75 bits per heavy atom. The molecule has 0 aliphatic heterocycles. The highest BCUT2D eigenvalue weighted by Gasteiger charge is 2.21. The van der Waals surface area contributed by atoms with Gasteiger partial charge >= 0.3 is 5.97 Å².